The molecule has 4 aromatic carbocycles. The zero-order valence-corrected chi connectivity index (χ0v) is 31.4. The second-order valence-corrected chi connectivity index (χ2v) is 14.5. The maximum atomic E-state index is 14.0. The van der Waals surface area contributed by atoms with Crippen molar-refractivity contribution in [3.8, 4) is 0 Å². The van der Waals surface area contributed by atoms with Crippen LogP contribution in [0.25, 0.3) is 0 Å². The molecule has 56 heavy (non-hydrogen) atoms. The van der Waals surface area contributed by atoms with Gasteiger partial charge in [0.25, 0.3) is 11.8 Å². The highest BCUT2D eigenvalue weighted by atomic mass is 32.2. The molecule has 2 aliphatic heterocycles. The standard InChI is InChI=1S/C42H35N5O7S2/c1-2-26-24-55-40-34(39(50)47(40)35(26)41(51)54-37(29-19-11-5-12-20-29)30-21-13-6-14-22-30)45-38(49)33(31-25-56-42(43)44-31)46-52-23-32(48)53-36(27-15-7-3-8-16-27)28-17-9-4-10-18-28/h2-22,25,34,36-37,40H,1,23-24H2,(H2,43,44)(H,45,49)/t34?,40-/m1/s1. The number of hydrogen-bond acceptors (Lipinski definition) is 12. The van der Waals surface area contributed by atoms with Gasteiger partial charge in [-0.15, -0.1) is 23.1 Å². The Morgan fingerprint density at radius 1 is 0.857 bits per heavy atom. The minimum absolute atomic E-state index is 0.0587. The van der Waals surface area contributed by atoms with Crippen molar-refractivity contribution < 1.29 is 33.5 Å². The van der Waals surface area contributed by atoms with Gasteiger partial charge in [-0.2, -0.15) is 0 Å². The van der Waals surface area contributed by atoms with E-state index in [2.05, 4.69) is 22.0 Å². The van der Waals surface area contributed by atoms with Crippen LogP contribution in [0.15, 0.2) is 156 Å². The van der Waals surface area contributed by atoms with Crippen molar-refractivity contribution in [3.63, 3.8) is 0 Å². The normalized spacial score (nSPS) is 16.5. The van der Waals surface area contributed by atoms with Crippen molar-refractivity contribution in [1.82, 2.24) is 15.2 Å². The molecule has 3 heterocycles. The molecule has 0 aliphatic carbocycles. The average molecular weight is 786 g/mol. The Kier molecular flexibility index (Phi) is 11.7. The molecule has 7 rings (SSSR count). The first kappa shape index (κ1) is 37.8. The third kappa shape index (κ3) is 8.26. The summed E-state index contributed by atoms with van der Waals surface area (Å²) in [5.41, 5.74) is 9.25. The van der Waals surface area contributed by atoms with Crippen molar-refractivity contribution in [2.45, 2.75) is 23.6 Å². The van der Waals surface area contributed by atoms with Crippen molar-refractivity contribution in [2.75, 3.05) is 18.1 Å². The van der Waals surface area contributed by atoms with Gasteiger partial charge in [0, 0.05) is 11.1 Å². The fraction of sp³-hybridized carbons (Fsp3) is 0.143. The number of thioether (sulfide) groups is 1. The first-order chi connectivity index (χ1) is 27.3. The molecule has 0 saturated carbocycles. The van der Waals surface area contributed by atoms with E-state index < -0.39 is 54.0 Å². The summed E-state index contributed by atoms with van der Waals surface area (Å²) in [6, 6.07) is 36.1. The molecule has 2 aliphatic rings. The van der Waals surface area contributed by atoms with Crippen molar-refractivity contribution in [1.29, 1.82) is 0 Å². The van der Waals surface area contributed by atoms with Gasteiger partial charge in [-0.1, -0.05) is 139 Å². The number of nitrogen functional groups attached to an aromatic ring is 1. The third-order valence-electron chi connectivity index (χ3n) is 8.93. The maximum Gasteiger partial charge on any atom is 0.356 e. The first-order valence-corrected chi connectivity index (χ1v) is 19.4. The van der Waals surface area contributed by atoms with Gasteiger partial charge >= 0.3 is 11.9 Å². The SMILES string of the molecule is C=CC1=C(C(=O)OC(c2ccccc2)c2ccccc2)N2C(=O)C(NC(=O)C(=NOCC(=O)OC(c3ccccc3)c3ccccc3)c3csc(N)n3)[C@H]2SC1. The number of fused-ring (bicyclic) bond motifs is 1. The quantitative estimate of drug-likeness (QED) is 0.0596. The molecule has 0 bridgehead atoms. The molecular formula is C42H35N5O7S2. The number of nitrogens with two attached hydrogens (primary N) is 1. The lowest BCUT2D eigenvalue weighted by atomic mass is 10.0. The van der Waals surface area contributed by atoms with Crippen LogP contribution in [-0.4, -0.2) is 63.1 Å². The summed E-state index contributed by atoms with van der Waals surface area (Å²) in [6.07, 6.45) is 0.0767. The molecule has 5 aromatic rings. The summed E-state index contributed by atoms with van der Waals surface area (Å²) in [4.78, 5) is 65.4. The summed E-state index contributed by atoms with van der Waals surface area (Å²) < 4.78 is 11.9. The van der Waals surface area contributed by atoms with E-state index in [1.54, 1.807) is 0 Å². The summed E-state index contributed by atoms with van der Waals surface area (Å²) in [7, 11) is 0. The number of allylic oxidation sites excluding steroid dienone is 1. The summed E-state index contributed by atoms with van der Waals surface area (Å²) in [5, 5.41) is 7.70. The Bertz CT molecular complexity index is 2210. The summed E-state index contributed by atoms with van der Waals surface area (Å²) in [5.74, 6) is -2.45. The largest absolute Gasteiger partial charge is 0.450 e. The number of aromatic nitrogens is 1. The summed E-state index contributed by atoms with van der Waals surface area (Å²) >= 11 is 2.43. The number of oxime groups is 1. The van der Waals surface area contributed by atoms with Crippen LogP contribution in [-0.2, 0) is 33.5 Å². The van der Waals surface area contributed by atoms with Crippen LogP contribution in [0.5, 0.6) is 0 Å². The summed E-state index contributed by atoms with van der Waals surface area (Å²) in [6.45, 7) is 3.24. The second kappa shape index (κ2) is 17.3. The predicted molar refractivity (Wildman–Crippen MR) is 213 cm³/mol. The van der Waals surface area contributed by atoms with E-state index in [-0.39, 0.29) is 22.2 Å². The molecule has 0 spiro atoms. The number of nitrogens with zero attached hydrogens (tertiary/aromatic N) is 3. The minimum Gasteiger partial charge on any atom is -0.450 e. The number of ether oxygens (including phenoxy) is 2. The van der Waals surface area contributed by atoms with Gasteiger partial charge in [-0.3, -0.25) is 14.5 Å². The molecule has 14 heteroatoms. The molecule has 2 amide bonds. The molecule has 1 saturated heterocycles. The van der Waals surface area contributed by atoms with Crippen LogP contribution in [0.3, 0.4) is 0 Å². The topological polar surface area (TPSA) is 163 Å². The number of β-lactam (4-membered cyclic amide) rings is 1. The van der Waals surface area contributed by atoms with E-state index in [1.807, 2.05) is 121 Å². The van der Waals surface area contributed by atoms with Crippen LogP contribution >= 0.6 is 23.1 Å². The Morgan fingerprint density at radius 3 is 1.86 bits per heavy atom. The van der Waals surface area contributed by atoms with Crippen LogP contribution < -0.4 is 11.1 Å². The number of nitrogens with one attached hydrogen (secondary N) is 1. The lowest BCUT2D eigenvalue weighted by Gasteiger charge is -2.49. The van der Waals surface area contributed by atoms with Crippen LogP contribution in [0.4, 0.5) is 5.13 Å². The van der Waals surface area contributed by atoms with E-state index in [4.69, 9.17) is 20.0 Å². The first-order valence-electron chi connectivity index (χ1n) is 17.4. The van der Waals surface area contributed by atoms with Crippen LogP contribution in [0, 0.1) is 0 Å². The maximum absolute atomic E-state index is 14.0. The molecule has 282 valence electrons. The van der Waals surface area contributed by atoms with Gasteiger partial charge < -0.3 is 25.4 Å². The van der Waals surface area contributed by atoms with Gasteiger partial charge in [0.1, 0.15) is 22.8 Å². The monoisotopic (exact) mass is 785 g/mol. The van der Waals surface area contributed by atoms with E-state index in [0.29, 0.717) is 11.3 Å². The highest BCUT2D eigenvalue weighted by molar-refractivity contribution is 8.00. The molecule has 1 unspecified atom stereocenters. The van der Waals surface area contributed by atoms with E-state index >= 15 is 0 Å². The van der Waals surface area contributed by atoms with Crippen LogP contribution in [0.1, 0.15) is 40.2 Å². The Labute approximate surface area is 330 Å². The van der Waals surface area contributed by atoms with Crippen molar-refractivity contribution in [2.24, 2.45) is 5.16 Å². The highest BCUT2D eigenvalue weighted by Crippen LogP contribution is 2.42. The third-order valence-corrected chi connectivity index (χ3v) is 10.9. The zero-order valence-electron chi connectivity index (χ0n) is 29.7. The average Bonchev–Trinajstić information content (AvgIpc) is 3.68. The number of thiazole rings is 1. The van der Waals surface area contributed by atoms with Crippen molar-refractivity contribution >= 4 is 57.7 Å². The second-order valence-electron chi connectivity index (χ2n) is 12.5. The number of esters is 2. The number of benzene rings is 4. The van der Waals surface area contributed by atoms with Gasteiger partial charge in [0.15, 0.2) is 23.1 Å². The molecular weight excluding hydrogens is 751 g/mol. The Morgan fingerprint density at radius 2 is 1.38 bits per heavy atom. The molecule has 1 fully saturated rings. The van der Waals surface area contributed by atoms with Gasteiger partial charge in [-0.25, -0.2) is 14.6 Å². The lowest BCUT2D eigenvalue weighted by Crippen LogP contribution is -2.71. The number of hydrogen-bond donors (Lipinski definition) is 2. The highest BCUT2D eigenvalue weighted by Gasteiger charge is 2.54. The number of anilines is 1. The molecule has 0 radical (unpaired) electrons. The number of carbonyl (C=O) groups is 4. The number of rotatable bonds is 14. The van der Waals surface area contributed by atoms with E-state index in [1.165, 1.54) is 28.1 Å². The zero-order chi connectivity index (χ0) is 39.0. The Balaban J connectivity index is 1.05. The molecule has 1 aromatic heterocycles. The predicted octanol–water partition coefficient (Wildman–Crippen LogP) is 5.95. The molecule has 3 N–H and O–H groups in total. The van der Waals surface area contributed by atoms with Gasteiger partial charge in [0.05, 0.1) is 0 Å². The minimum atomic E-state index is -1.04. The fourth-order valence-electron chi connectivity index (χ4n) is 6.25. The van der Waals surface area contributed by atoms with Gasteiger partial charge in [-0.05, 0) is 27.8 Å². The van der Waals surface area contributed by atoms with E-state index in [9.17, 15) is 19.2 Å². The van der Waals surface area contributed by atoms with Gasteiger partial charge in [0.2, 0.25) is 6.61 Å². The molecule has 2 atom stereocenters. The number of carbonyl (C=O) groups excluding carboxylic acids is 4. The number of amides is 2. The smallest absolute Gasteiger partial charge is 0.356 e. The Hall–Kier alpha value is -6.51. The van der Waals surface area contributed by atoms with Crippen molar-refractivity contribution in [3.05, 3.63) is 179 Å². The fourth-order valence-corrected chi connectivity index (χ4v) is 8.13. The van der Waals surface area contributed by atoms with Crippen LogP contribution in [0.2, 0.25) is 0 Å². The molecule has 12 nitrogen and oxygen atoms in total. The lowest BCUT2D eigenvalue weighted by molar-refractivity contribution is -0.154. The van der Waals surface area contributed by atoms with E-state index in [0.717, 1.165) is 33.6 Å².